The molecule has 10 nitrogen and oxygen atoms in total. The number of halogens is 1. The largest absolute Gasteiger partial charge is 0.386 e. The van der Waals surface area contributed by atoms with Crippen LogP contribution < -0.4 is 0 Å². The quantitative estimate of drug-likeness (QED) is 0.399. The van der Waals surface area contributed by atoms with Crippen LogP contribution in [0.15, 0.2) is 12.5 Å². The molecule has 1 aliphatic rings. The number of fused-ring (bicyclic) bond motifs is 1. The van der Waals surface area contributed by atoms with Crippen molar-refractivity contribution in [3.05, 3.63) is 18.3 Å². The van der Waals surface area contributed by atoms with E-state index < -0.39 is 26.7 Å². The number of alkyl halides is 1. The van der Waals surface area contributed by atoms with E-state index in [0.29, 0.717) is 23.5 Å². The van der Waals surface area contributed by atoms with Crippen molar-refractivity contribution in [3.63, 3.8) is 0 Å². The summed E-state index contributed by atoms with van der Waals surface area (Å²) in [4.78, 5) is 12.5. The van der Waals surface area contributed by atoms with Crippen LogP contribution >= 0.6 is 38.9 Å². The second-order valence-corrected chi connectivity index (χ2v) is 10.6. The number of hydrogen-bond acceptors (Lipinski definition) is 10. The molecule has 0 N–H and O–H groups in total. The molecule has 28 heavy (non-hydrogen) atoms. The molecule has 0 bridgehead atoms. The Hall–Kier alpha value is -0.360. The minimum Gasteiger partial charge on any atom is -0.375 e. The van der Waals surface area contributed by atoms with Crippen molar-refractivity contribution >= 4 is 50.0 Å². The molecule has 3 heterocycles. The zero-order valence-corrected chi connectivity index (χ0v) is 18.3. The molecule has 0 saturated carbocycles. The van der Waals surface area contributed by atoms with Gasteiger partial charge in [0.15, 0.2) is 11.8 Å². The van der Waals surface area contributed by atoms with E-state index >= 15 is 0 Å². The van der Waals surface area contributed by atoms with Crippen molar-refractivity contribution in [3.8, 4) is 0 Å². The highest BCUT2D eigenvalue weighted by Crippen LogP contribution is 2.55. The Labute approximate surface area is 172 Å². The standard InChI is InChI=1S/C13H19FN4O6P2S2/c1-20-25(27)22-3-2-18-12(17-10-4-15-8-16-13(10)18)7-23-26(19,28)24-11-6-21-5-9(11)14/h4,8-9,11,27H,2-3,5-7H2,1H3,(H,19,28)/t9-,11?,25?,26?/m1/s1. The summed E-state index contributed by atoms with van der Waals surface area (Å²) in [5.74, 6) is 0.414. The molecule has 0 aliphatic carbocycles. The number of thiol groups is 2. The molecule has 2 aromatic rings. The van der Waals surface area contributed by atoms with Gasteiger partial charge in [-0.3, -0.25) is 9.05 Å². The predicted molar refractivity (Wildman–Crippen MR) is 106 cm³/mol. The molecule has 0 radical (unpaired) electrons. The summed E-state index contributed by atoms with van der Waals surface area (Å²) >= 11 is 8.06. The predicted octanol–water partition coefficient (Wildman–Crippen LogP) is 2.95. The minimum absolute atomic E-state index is 0.00722. The van der Waals surface area contributed by atoms with Gasteiger partial charge in [-0.15, -0.1) is 0 Å². The summed E-state index contributed by atoms with van der Waals surface area (Å²) in [5.41, 5.74) is 1.09. The fraction of sp³-hybridized carbons (Fsp3) is 0.615. The summed E-state index contributed by atoms with van der Waals surface area (Å²) in [6.07, 6.45) is 0.577. The van der Waals surface area contributed by atoms with Crippen LogP contribution in [0.4, 0.5) is 4.39 Å². The molecule has 3 unspecified atom stereocenters. The van der Waals surface area contributed by atoms with Gasteiger partial charge in [-0.2, -0.15) is 0 Å². The Kier molecular flexibility index (Phi) is 8.05. The summed E-state index contributed by atoms with van der Waals surface area (Å²) in [5, 5.41) is 0. The Morgan fingerprint density at radius 3 is 3.04 bits per heavy atom. The maximum atomic E-state index is 13.6. The lowest BCUT2D eigenvalue weighted by Crippen LogP contribution is -2.22. The third-order valence-corrected chi connectivity index (χ3v) is 6.92. The fourth-order valence-electron chi connectivity index (χ4n) is 2.48. The Balaban J connectivity index is 1.69. The summed E-state index contributed by atoms with van der Waals surface area (Å²) < 4.78 is 53.6. The molecule has 1 aliphatic heterocycles. The molecular formula is C13H19FN4O6P2S2. The molecule has 4 atom stereocenters. The smallest absolute Gasteiger partial charge is 0.375 e. The molecule has 0 amide bonds. The highest BCUT2D eigenvalue weighted by Gasteiger charge is 2.35. The molecule has 0 spiro atoms. The van der Waals surface area contributed by atoms with E-state index in [1.165, 1.54) is 13.4 Å². The molecular weight excluding hydrogens is 453 g/mol. The van der Waals surface area contributed by atoms with Crippen LogP contribution in [0.3, 0.4) is 0 Å². The van der Waals surface area contributed by atoms with Gasteiger partial charge in [0.1, 0.15) is 30.4 Å². The van der Waals surface area contributed by atoms with Crippen molar-refractivity contribution in [1.82, 2.24) is 19.5 Å². The van der Waals surface area contributed by atoms with E-state index in [2.05, 4.69) is 39.4 Å². The Morgan fingerprint density at radius 2 is 2.32 bits per heavy atom. The van der Waals surface area contributed by atoms with Gasteiger partial charge in [0, 0.05) is 13.7 Å². The molecule has 156 valence electrons. The van der Waals surface area contributed by atoms with Crippen molar-refractivity contribution in [2.24, 2.45) is 0 Å². The number of ether oxygens (including phenoxy) is 1. The van der Waals surface area contributed by atoms with Crippen LogP contribution in [0.25, 0.3) is 11.2 Å². The van der Waals surface area contributed by atoms with Gasteiger partial charge in [-0.1, -0.05) is 24.5 Å². The first-order valence-electron chi connectivity index (χ1n) is 8.08. The van der Waals surface area contributed by atoms with Crippen molar-refractivity contribution in [2.45, 2.75) is 25.4 Å². The fourth-order valence-corrected chi connectivity index (χ4v) is 4.48. The van der Waals surface area contributed by atoms with Crippen LogP contribution in [-0.4, -0.2) is 58.7 Å². The normalized spacial score (nSPS) is 23.1. The minimum atomic E-state index is -3.83. The molecule has 1 fully saturated rings. The average Bonchev–Trinajstić information content (AvgIpc) is 3.23. The number of imidazole rings is 1. The summed E-state index contributed by atoms with van der Waals surface area (Å²) in [6.45, 7) is -3.49. The topological polar surface area (TPSA) is 107 Å². The highest BCUT2D eigenvalue weighted by molar-refractivity contribution is 8.44. The van der Waals surface area contributed by atoms with Crippen LogP contribution in [0.1, 0.15) is 5.82 Å². The molecule has 1 saturated heterocycles. The van der Waals surface area contributed by atoms with Crippen LogP contribution in [0.2, 0.25) is 0 Å². The number of rotatable bonds is 10. The lowest BCUT2D eigenvalue weighted by molar-refractivity contribution is 0.105. The molecule has 3 rings (SSSR count). The average molecular weight is 472 g/mol. The van der Waals surface area contributed by atoms with E-state index in [1.54, 1.807) is 10.8 Å². The van der Waals surface area contributed by atoms with Gasteiger partial charge in [-0.05, 0) is 0 Å². The van der Waals surface area contributed by atoms with Crippen LogP contribution in [-0.2, 0) is 40.5 Å². The van der Waals surface area contributed by atoms with E-state index in [9.17, 15) is 8.96 Å². The Bertz CT molecular complexity index is 848. The molecule has 0 aromatic carbocycles. The lowest BCUT2D eigenvalue weighted by Gasteiger charge is -2.18. The zero-order valence-electron chi connectivity index (χ0n) is 14.8. The third kappa shape index (κ3) is 5.84. The van der Waals surface area contributed by atoms with E-state index in [4.69, 9.17) is 22.8 Å². The van der Waals surface area contributed by atoms with Crippen LogP contribution in [0.5, 0.6) is 0 Å². The van der Waals surface area contributed by atoms with E-state index in [1.807, 2.05) is 0 Å². The third-order valence-electron chi connectivity index (χ3n) is 3.75. The van der Waals surface area contributed by atoms with Gasteiger partial charge >= 0.3 is 6.80 Å². The van der Waals surface area contributed by atoms with Crippen molar-refractivity contribution in [2.75, 3.05) is 26.9 Å². The van der Waals surface area contributed by atoms with Gasteiger partial charge in [0.05, 0.1) is 26.0 Å². The maximum absolute atomic E-state index is 13.6. The summed E-state index contributed by atoms with van der Waals surface area (Å²) in [6, 6.07) is 0. The first kappa shape index (κ1) is 22.3. The zero-order chi connectivity index (χ0) is 20.1. The number of hydrogen-bond donors (Lipinski definition) is 2. The second-order valence-electron chi connectivity index (χ2n) is 5.60. The van der Waals surface area contributed by atoms with Gasteiger partial charge < -0.3 is 18.4 Å². The van der Waals surface area contributed by atoms with Crippen LogP contribution in [0, 0.1) is 0 Å². The monoisotopic (exact) mass is 472 g/mol. The summed E-state index contributed by atoms with van der Waals surface area (Å²) in [7, 11) is 0.220. The maximum Gasteiger partial charge on any atom is 0.386 e. The second kappa shape index (κ2) is 10.1. The first-order valence-corrected chi connectivity index (χ1v) is 13.1. The molecule has 15 heteroatoms. The highest BCUT2D eigenvalue weighted by atomic mass is 32.7. The van der Waals surface area contributed by atoms with Gasteiger partial charge in [0.2, 0.25) is 7.58 Å². The van der Waals surface area contributed by atoms with Crippen molar-refractivity contribution in [1.29, 1.82) is 0 Å². The van der Waals surface area contributed by atoms with E-state index in [0.717, 1.165) is 0 Å². The van der Waals surface area contributed by atoms with Gasteiger partial charge in [-0.25, -0.2) is 23.9 Å². The SMILES string of the molecule is COP(S)OCCn1c(COP(=O)(S)OC2COC[C@H]2F)nc2cncnc21. The Morgan fingerprint density at radius 1 is 1.50 bits per heavy atom. The lowest BCUT2D eigenvalue weighted by atomic mass is 10.3. The number of nitrogens with zero attached hydrogens (tertiary/aromatic N) is 4. The number of aromatic nitrogens is 4. The van der Waals surface area contributed by atoms with Crippen molar-refractivity contribution < 1.29 is 31.8 Å². The van der Waals surface area contributed by atoms with Gasteiger partial charge in [0.25, 0.3) is 0 Å². The molecule has 2 aromatic heterocycles. The first-order chi connectivity index (χ1) is 13.4. The van der Waals surface area contributed by atoms with E-state index in [-0.39, 0.29) is 26.4 Å².